The number of carbonyl (C=O) groups excluding carboxylic acids is 2. The van der Waals surface area contributed by atoms with E-state index in [1.54, 1.807) is 50.2 Å². The fraction of sp³-hybridized carbons (Fsp3) is 0.211. The zero-order valence-corrected chi connectivity index (χ0v) is 18.4. The van der Waals surface area contributed by atoms with Crippen LogP contribution < -0.4 is 15.5 Å². The fourth-order valence-electron chi connectivity index (χ4n) is 2.19. The van der Waals surface area contributed by atoms with E-state index in [0.29, 0.717) is 32.4 Å². The maximum absolute atomic E-state index is 12.2. The predicted octanol–water partition coefficient (Wildman–Crippen LogP) is 3.58. The fourth-order valence-corrected chi connectivity index (χ4v) is 3.11. The molecule has 2 aromatic carbocycles. The van der Waals surface area contributed by atoms with Crippen LogP contribution in [0.1, 0.15) is 29.8 Å². The molecule has 0 saturated heterocycles. The highest BCUT2D eigenvalue weighted by molar-refractivity contribution is 9.10. The highest BCUT2D eigenvalue weighted by Crippen LogP contribution is 2.35. The van der Waals surface area contributed by atoms with Crippen LogP contribution in [0.4, 0.5) is 0 Å². The van der Waals surface area contributed by atoms with E-state index in [1.165, 1.54) is 6.21 Å². The summed E-state index contributed by atoms with van der Waals surface area (Å²) in [7, 11) is 0. The average Bonchev–Trinajstić information content (AvgIpc) is 2.66. The Bertz CT molecular complexity index is 903. The molecule has 1 atom stereocenters. The zero-order valence-electron chi connectivity index (χ0n) is 15.2. The third-order valence-electron chi connectivity index (χ3n) is 3.60. The van der Waals surface area contributed by atoms with Gasteiger partial charge in [0.2, 0.25) is 0 Å². The van der Waals surface area contributed by atoms with Crippen LogP contribution in [0.25, 0.3) is 0 Å². The first-order valence-electron chi connectivity index (χ1n) is 8.37. The van der Waals surface area contributed by atoms with Crippen molar-refractivity contribution in [3.63, 3.8) is 0 Å². The molecule has 0 aliphatic heterocycles. The summed E-state index contributed by atoms with van der Waals surface area (Å²) in [5, 5.41) is 16.4. The lowest BCUT2D eigenvalue weighted by Gasteiger charge is -2.13. The van der Waals surface area contributed by atoms with Crippen molar-refractivity contribution in [2.75, 3.05) is 6.61 Å². The number of hydrazone groups is 1. The van der Waals surface area contributed by atoms with Gasteiger partial charge in [-0.25, -0.2) is 5.43 Å². The summed E-state index contributed by atoms with van der Waals surface area (Å²) in [5.74, 6) is -0.549. The van der Waals surface area contributed by atoms with Gasteiger partial charge in [0.1, 0.15) is 6.04 Å². The SMILES string of the molecule is CCOc1cc(C=NNC(=O)C(C)NC(=O)c2ccccc2Br)cc(Br)c1O. The van der Waals surface area contributed by atoms with Crippen molar-refractivity contribution in [3.05, 3.63) is 56.5 Å². The van der Waals surface area contributed by atoms with Gasteiger partial charge in [-0.3, -0.25) is 9.59 Å². The predicted molar refractivity (Wildman–Crippen MR) is 114 cm³/mol. The van der Waals surface area contributed by atoms with Crippen LogP contribution in [0, 0.1) is 0 Å². The van der Waals surface area contributed by atoms with Gasteiger partial charge in [0.25, 0.3) is 11.8 Å². The van der Waals surface area contributed by atoms with Crippen molar-refractivity contribution in [2.24, 2.45) is 5.10 Å². The lowest BCUT2D eigenvalue weighted by Crippen LogP contribution is -2.43. The largest absolute Gasteiger partial charge is 0.503 e. The van der Waals surface area contributed by atoms with E-state index in [4.69, 9.17) is 4.74 Å². The molecule has 0 aliphatic rings. The second kappa shape index (κ2) is 10.2. The number of hydrogen-bond donors (Lipinski definition) is 3. The molecule has 0 bridgehead atoms. The van der Waals surface area contributed by atoms with Crippen LogP contribution in [0.3, 0.4) is 0 Å². The molecule has 148 valence electrons. The summed E-state index contributed by atoms with van der Waals surface area (Å²) in [6.45, 7) is 3.76. The average molecular weight is 513 g/mol. The van der Waals surface area contributed by atoms with Gasteiger partial charge in [-0.15, -0.1) is 0 Å². The number of phenols is 1. The molecule has 0 fully saturated rings. The van der Waals surface area contributed by atoms with Crippen LogP contribution in [-0.4, -0.2) is 35.8 Å². The highest BCUT2D eigenvalue weighted by atomic mass is 79.9. The molecule has 3 N–H and O–H groups in total. The molecule has 0 radical (unpaired) electrons. The maximum Gasteiger partial charge on any atom is 0.262 e. The number of rotatable bonds is 7. The smallest absolute Gasteiger partial charge is 0.262 e. The normalized spacial score (nSPS) is 11.9. The molecule has 0 spiro atoms. The van der Waals surface area contributed by atoms with Gasteiger partial charge in [0.15, 0.2) is 11.5 Å². The third kappa shape index (κ3) is 5.80. The van der Waals surface area contributed by atoms with Crippen molar-refractivity contribution in [2.45, 2.75) is 19.9 Å². The van der Waals surface area contributed by atoms with E-state index in [2.05, 4.69) is 47.7 Å². The Kier molecular flexibility index (Phi) is 8.01. The summed E-state index contributed by atoms with van der Waals surface area (Å²) in [6.07, 6.45) is 1.41. The van der Waals surface area contributed by atoms with Crippen LogP contribution in [0.15, 0.2) is 50.4 Å². The lowest BCUT2D eigenvalue weighted by molar-refractivity contribution is -0.122. The number of halogens is 2. The monoisotopic (exact) mass is 511 g/mol. The minimum Gasteiger partial charge on any atom is -0.503 e. The Morgan fingerprint density at radius 1 is 1.25 bits per heavy atom. The van der Waals surface area contributed by atoms with E-state index in [0.717, 1.165) is 0 Å². The third-order valence-corrected chi connectivity index (χ3v) is 4.89. The molecule has 7 nitrogen and oxygen atoms in total. The van der Waals surface area contributed by atoms with Gasteiger partial charge in [-0.2, -0.15) is 5.10 Å². The molecule has 0 heterocycles. The van der Waals surface area contributed by atoms with E-state index >= 15 is 0 Å². The Morgan fingerprint density at radius 3 is 2.64 bits per heavy atom. The van der Waals surface area contributed by atoms with E-state index in [9.17, 15) is 14.7 Å². The lowest BCUT2D eigenvalue weighted by atomic mass is 10.2. The number of ether oxygens (including phenoxy) is 1. The number of carbonyl (C=O) groups is 2. The van der Waals surface area contributed by atoms with Gasteiger partial charge in [-0.1, -0.05) is 12.1 Å². The molecule has 9 heteroatoms. The van der Waals surface area contributed by atoms with Crippen molar-refractivity contribution in [3.8, 4) is 11.5 Å². The molecule has 1 unspecified atom stereocenters. The summed E-state index contributed by atoms with van der Waals surface area (Å²) >= 11 is 6.54. The minimum absolute atomic E-state index is 0.00792. The summed E-state index contributed by atoms with van der Waals surface area (Å²) in [5.41, 5.74) is 3.42. The molecule has 0 saturated carbocycles. The van der Waals surface area contributed by atoms with Crippen LogP contribution in [-0.2, 0) is 4.79 Å². The Labute approximate surface area is 179 Å². The number of nitrogens with zero attached hydrogens (tertiary/aromatic N) is 1. The van der Waals surface area contributed by atoms with Gasteiger partial charge >= 0.3 is 0 Å². The Hall–Kier alpha value is -2.39. The van der Waals surface area contributed by atoms with E-state index in [-0.39, 0.29) is 11.7 Å². The zero-order chi connectivity index (χ0) is 20.7. The molecular weight excluding hydrogens is 494 g/mol. The molecule has 2 amide bonds. The standard InChI is InChI=1S/C19H19Br2N3O4/c1-3-28-16-9-12(8-15(21)17(16)25)10-22-24-18(26)11(2)23-19(27)13-6-4-5-7-14(13)20/h4-11,25H,3H2,1-2H3,(H,23,27)(H,24,26). The second-order valence-electron chi connectivity index (χ2n) is 5.69. The van der Waals surface area contributed by atoms with Gasteiger partial charge in [0, 0.05) is 4.47 Å². The molecule has 2 rings (SSSR count). The Morgan fingerprint density at radius 2 is 1.96 bits per heavy atom. The number of amides is 2. The molecule has 28 heavy (non-hydrogen) atoms. The number of nitrogens with one attached hydrogen (secondary N) is 2. The van der Waals surface area contributed by atoms with Crippen molar-refractivity contribution in [1.82, 2.24) is 10.7 Å². The van der Waals surface area contributed by atoms with Crippen LogP contribution >= 0.6 is 31.9 Å². The van der Waals surface area contributed by atoms with E-state index < -0.39 is 11.9 Å². The summed E-state index contributed by atoms with van der Waals surface area (Å²) in [6, 6.07) is 9.37. The van der Waals surface area contributed by atoms with Crippen LogP contribution in [0.5, 0.6) is 11.5 Å². The number of aromatic hydroxyl groups is 1. The van der Waals surface area contributed by atoms with Gasteiger partial charge in [0.05, 0.1) is 22.9 Å². The quantitative estimate of drug-likeness (QED) is 0.390. The number of benzene rings is 2. The minimum atomic E-state index is -0.790. The van der Waals surface area contributed by atoms with Crippen molar-refractivity contribution >= 4 is 49.9 Å². The number of phenolic OH excluding ortho intramolecular Hbond substituents is 1. The maximum atomic E-state index is 12.2. The first-order valence-corrected chi connectivity index (χ1v) is 9.95. The van der Waals surface area contributed by atoms with Crippen molar-refractivity contribution in [1.29, 1.82) is 0 Å². The second-order valence-corrected chi connectivity index (χ2v) is 7.40. The Balaban J connectivity index is 1.97. The molecule has 0 aromatic heterocycles. The highest BCUT2D eigenvalue weighted by Gasteiger charge is 2.17. The van der Waals surface area contributed by atoms with Crippen LogP contribution in [0.2, 0.25) is 0 Å². The summed E-state index contributed by atoms with van der Waals surface area (Å²) < 4.78 is 6.42. The first-order chi connectivity index (χ1) is 13.3. The van der Waals surface area contributed by atoms with Gasteiger partial charge < -0.3 is 15.2 Å². The van der Waals surface area contributed by atoms with Gasteiger partial charge in [-0.05, 0) is 75.5 Å². The molecule has 0 aliphatic carbocycles. The number of hydrogen-bond acceptors (Lipinski definition) is 5. The van der Waals surface area contributed by atoms with E-state index in [1.807, 2.05) is 0 Å². The summed E-state index contributed by atoms with van der Waals surface area (Å²) in [4.78, 5) is 24.4. The van der Waals surface area contributed by atoms with Crippen molar-refractivity contribution < 1.29 is 19.4 Å². The molecular formula is C19H19Br2N3O4. The topological polar surface area (TPSA) is 100 Å². The molecule has 2 aromatic rings. The first kappa shape index (κ1) is 21.9.